The molecule has 2 heterocycles. The van der Waals surface area contributed by atoms with Gasteiger partial charge >= 0.3 is 0 Å². The first-order chi connectivity index (χ1) is 10.6. The van der Waals surface area contributed by atoms with Gasteiger partial charge in [-0.3, -0.25) is 4.79 Å². The molecule has 0 aliphatic carbocycles. The molecule has 4 nitrogen and oxygen atoms in total. The average Bonchev–Trinajstić information content (AvgIpc) is 3.17. The van der Waals surface area contributed by atoms with Gasteiger partial charge in [0.05, 0.1) is 28.3 Å². The molecule has 0 atom stereocenters. The molecule has 6 heteroatoms. The lowest BCUT2D eigenvalue weighted by Crippen LogP contribution is -2.25. The van der Waals surface area contributed by atoms with Gasteiger partial charge in [0.2, 0.25) is 0 Å². The van der Waals surface area contributed by atoms with E-state index < -0.39 is 0 Å². The Labute approximate surface area is 137 Å². The molecule has 1 aromatic carbocycles. The van der Waals surface area contributed by atoms with Gasteiger partial charge in [0, 0.05) is 18.1 Å². The lowest BCUT2D eigenvalue weighted by Gasteiger charge is -2.14. The number of carbonyl (C=O) groups excluding carboxylic acids is 1. The van der Waals surface area contributed by atoms with Crippen molar-refractivity contribution in [1.82, 2.24) is 14.7 Å². The molecule has 0 bridgehead atoms. The molecule has 0 radical (unpaired) electrons. The van der Waals surface area contributed by atoms with Gasteiger partial charge in [-0.2, -0.15) is 5.10 Å². The maximum Gasteiger partial charge on any atom is 0.257 e. The van der Waals surface area contributed by atoms with E-state index in [1.54, 1.807) is 29.0 Å². The summed E-state index contributed by atoms with van der Waals surface area (Å²) in [6, 6.07) is 13.5. The third kappa shape index (κ3) is 3.21. The van der Waals surface area contributed by atoms with Gasteiger partial charge in [-0.05, 0) is 24.3 Å². The Morgan fingerprint density at radius 1 is 1.27 bits per heavy atom. The number of aromatic nitrogens is 2. The second-order valence-corrected chi connectivity index (χ2v) is 6.68. The molecular weight excluding hydrogens is 318 g/mol. The molecule has 0 fully saturated rings. The van der Waals surface area contributed by atoms with Gasteiger partial charge < -0.3 is 4.90 Å². The van der Waals surface area contributed by atoms with Crippen LogP contribution in [0.4, 0.5) is 0 Å². The van der Waals surface area contributed by atoms with Gasteiger partial charge in [0.15, 0.2) is 0 Å². The summed E-state index contributed by atoms with van der Waals surface area (Å²) in [6.45, 7) is 0.534. The van der Waals surface area contributed by atoms with Crippen LogP contribution >= 0.6 is 22.9 Å². The molecule has 3 rings (SSSR count). The number of halogens is 1. The van der Waals surface area contributed by atoms with Crippen LogP contribution in [0.1, 0.15) is 15.2 Å². The molecule has 1 amide bonds. The molecule has 112 valence electrons. The largest absolute Gasteiger partial charge is 0.336 e. The van der Waals surface area contributed by atoms with E-state index in [0.717, 1.165) is 14.9 Å². The number of benzene rings is 1. The molecule has 0 N–H and O–H groups in total. The Morgan fingerprint density at radius 3 is 2.73 bits per heavy atom. The summed E-state index contributed by atoms with van der Waals surface area (Å²) in [5.41, 5.74) is 1.49. The van der Waals surface area contributed by atoms with E-state index in [0.29, 0.717) is 12.1 Å². The Hall–Kier alpha value is -2.11. The lowest BCUT2D eigenvalue weighted by molar-refractivity contribution is 0.0786. The monoisotopic (exact) mass is 331 g/mol. The zero-order chi connectivity index (χ0) is 15.5. The molecule has 0 spiro atoms. The van der Waals surface area contributed by atoms with Crippen molar-refractivity contribution >= 4 is 28.8 Å². The summed E-state index contributed by atoms with van der Waals surface area (Å²) in [4.78, 5) is 15.2. The normalized spacial score (nSPS) is 10.6. The maximum atomic E-state index is 12.4. The quantitative estimate of drug-likeness (QED) is 0.728. The van der Waals surface area contributed by atoms with Crippen LogP contribution in [0.25, 0.3) is 5.69 Å². The minimum atomic E-state index is -0.0632. The highest BCUT2D eigenvalue weighted by Crippen LogP contribution is 2.22. The second kappa shape index (κ2) is 6.34. The van der Waals surface area contributed by atoms with Crippen molar-refractivity contribution in [3.8, 4) is 5.69 Å². The molecule has 3 aromatic rings. The summed E-state index contributed by atoms with van der Waals surface area (Å²) >= 11 is 7.39. The summed E-state index contributed by atoms with van der Waals surface area (Å²) in [6.07, 6.45) is 3.34. The van der Waals surface area contributed by atoms with Crippen LogP contribution in [-0.2, 0) is 6.54 Å². The Kier molecular flexibility index (Phi) is 4.27. The van der Waals surface area contributed by atoms with E-state index in [1.165, 1.54) is 11.3 Å². The highest BCUT2D eigenvalue weighted by molar-refractivity contribution is 7.16. The molecule has 0 saturated carbocycles. The van der Waals surface area contributed by atoms with Gasteiger partial charge in [0.1, 0.15) is 0 Å². The standard InChI is InChI=1S/C16H14ClN3OS/c1-19(11-14-7-8-15(17)22-14)16(21)12-9-18-20(10-12)13-5-3-2-4-6-13/h2-10H,11H2,1H3. The Morgan fingerprint density at radius 2 is 2.05 bits per heavy atom. The number of amides is 1. The van der Waals surface area contributed by atoms with Crippen molar-refractivity contribution in [1.29, 1.82) is 0 Å². The summed E-state index contributed by atoms with van der Waals surface area (Å²) in [5, 5.41) is 4.25. The predicted molar refractivity (Wildman–Crippen MR) is 88.7 cm³/mol. The summed E-state index contributed by atoms with van der Waals surface area (Å²) in [7, 11) is 1.77. The van der Waals surface area contributed by atoms with Crippen LogP contribution in [0.3, 0.4) is 0 Å². The van der Waals surface area contributed by atoms with Crippen LogP contribution in [0.5, 0.6) is 0 Å². The molecular formula is C16H14ClN3OS. The summed E-state index contributed by atoms with van der Waals surface area (Å²) < 4.78 is 2.43. The number of hydrogen-bond donors (Lipinski definition) is 0. The Bertz CT molecular complexity index is 782. The molecule has 0 unspecified atom stereocenters. The molecule has 0 aliphatic heterocycles. The van der Waals surface area contributed by atoms with Gasteiger partial charge in [-0.1, -0.05) is 29.8 Å². The smallest absolute Gasteiger partial charge is 0.257 e. The number of nitrogens with zero attached hydrogens (tertiary/aromatic N) is 3. The minimum Gasteiger partial charge on any atom is -0.336 e. The third-order valence-electron chi connectivity index (χ3n) is 3.22. The molecule has 22 heavy (non-hydrogen) atoms. The molecule has 0 saturated heterocycles. The van der Waals surface area contributed by atoms with E-state index in [2.05, 4.69) is 5.10 Å². The first kappa shape index (κ1) is 14.8. The zero-order valence-electron chi connectivity index (χ0n) is 11.9. The first-order valence-corrected chi connectivity index (χ1v) is 7.93. The lowest BCUT2D eigenvalue weighted by atomic mass is 10.3. The predicted octanol–water partition coefficient (Wildman–Crippen LogP) is 3.86. The highest BCUT2D eigenvalue weighted by atomic mass is 35.5. The van der Waals surface area contributed by atoms with Crippen molar-refractivity contribution in [3.63, 3.8) is 0 Å². The fraction of sp³-hybridized carbons (Fsp3) is 0.125. The number of carbonyl (C=O) groups is 1. The van der Waals surface area contributed by atoms with Crippen molar-refractivity contribution < 1.29 is 4.79 Å². The number of thiophene rings is 1. The number of rotatable bonds is 4. The maximum absolute atomic E-state index is 12.4. The van der Waals surface area contributed by atoms with Gasteiger partial charge in [0.25, 0.3) is 5.91 Å². The van der Waals surface area contributed by atoms with Gasteiger partial charge in [-0.25, -0.2) is 4.68 Å². The van der Waals surface area contributed by atoms with Crippen molar-refractivity contribution in [2.24, 2.45) is 0 Å². The minimum absolute atomic E-state index is 0.0632. The third-order valence-corrected chi connectivity index (χ3v) is 4.43. The van der Waals surface area contributed by atoms with E-state index >= 15 is 0 Å². The van der Waals surface area contributed by atoms with E-state index in [9.17, 15) is 4.79 Å². The van der Waals surface area contributed by atoms with Crippen LogP contribution in [0.15, 0.2) is 54.9 Å². The van der Waals surface area contributed by atoms with Crippen molar-refractivity contribution in [2.45, 2.75) is 6.54 Å². The fourth-order valence-electron chi connectivity index (χ4n) is 2.12. The molecule has 2 aromatic heterocycles. The number of hydrogen-bond acceptors (Lipinski definition) is 3. The van der Waals surface area contributed by atoms with E-state index in [1.807, 2.05) is 42.5 Å². The van der Waals surface area contributed by atoms with Crippen LogP contribution in [0.2, 0.25) is 4.34 Å². The topological polar surface area (TPSA) is 38.1 Å². The van der Waals surface area contributed by atoms with E-state index in [-0.39, 0.29) is 5.91 Å². The molecule has 0 aliphatic rings. The Balaban J connectivity index is 1.74. The van der Waals surface area contributed by atoms with Crippen molar-refractivity contribution in [2.75, 3.05) is 7.05 Å². The second-order valence-electron chi connectivity index (χ2n) is 4.88. The van der Waals surface area contributed by atoms with E-state index in [4.69, 9.17) is 11.6 Å². The first-order valence-electron chi connectivity index (χ1n) is 6.73. The van der Waals surface area contributed by atoms with Crippen LogP contribution < -0.4 is 0 Å². The van der Waals surface area contributed by atoms with Crippen molar-refractivity contribution in [3.05, 3.63) is 69.6 Å². The SMILES string of the molecule is CN(Cc1ccc(Cl)s1)C(=O)c1cnn(-c2ccccc2)c1. The zero-order valence-corrected chi connectivity index (χ0v) is 13.5. The number of para-hydroxylation sites is 1. The average molecular weight is 332 g/mol. The van der Waals surface area contributed by atoms with Crippen LogP contribution in [-0.4, -0.2) is 27.6 Å². The highest BCUT2D eigenvalue weighted by Gasteiger charge is 2.15. The van der Waals surface area contributed by atoms with Gasteiger partial charge in [-0.15, -0.1) is 11.3 Å². The fourth-order valence-corrected chi connectivity index (χ4v) is 3.26. The summed E-state index contributed by atoms with van der Waals surface area (Å²) in [5.74, 6) is -0.0632. The van der Waals surface area contributed by atoms with Crippen LogP contribution in [0, 0.1) is 0 Å².